The standard InChI is InChI=1S/C34H33FN4O2/c1-39(2)22-25-11-14-28(15-12-25)37-33(32-29-16-13-27(35)21-30(29)38-34(32)41)26-10-6-9-24(19-26)17-18-36-31(40)20-23-7-4-3-5-8-23/h3-16,19,21,38,41H,17-18,20,22H2,1-2H3,(H,36,40). The zero-order chi connectivity index (χ0) is 28.8. The van der Waals surface area contributed by atoms with Crippen LogP contribution in [-0.2, 0) is 24.2 Å². The number of nitrogens with zero attached hydrogens (tertiary/aromatic N) is 2. The second-order valence-electron chi connectivity index (χ2n) is 10.4. The first kappa shape index (κ1) is 27.8. The smallest absolute Gasteiger partial charge is 0.224 e. The minimum absolute atomic E-state index is 0.0248. The molecule has 4 aromatic carbocycles. The lowest BCUT2D eigenvalue weighted by atomic mass is 9.98. The van der Waals surface area contributed by atoms with E-state index in [9.17, 15) is 14.3 Å². The first-order chi connectivity index (χ1) is 19.9. The molecule has 7 heteroatoms. The Morgan fingerprint density at radius 2 is 1.66 bits per heavy atom. The largest absolute Gasteiger partial charge is 0.494 e. The molecule has 0 unspecified atom stereocenters. The zero-order valence-electron chi connectivity index (χ0n) is 23.2. The number of fused-ring (bicyclic) bond motifs is 1. The maximum atomic E-state index is 14.0. The van der Waals surface area contributed by atoms with Crippen LogP contribution in [0.3, 0.4) is 0 Å². The van der Waals surface area contributed by atoms with Crippen molar-refractivity contribution in [1.29, 1.82) is 0 Å². The number of nitrogens with one attached hydrogen (secondary N) is 2. The van der Waals surface area contributed by atoms with Crippen molar-refractivity contribution < 1.29 is 14.3 Å². The summed E-state index contributed by atoms with van der Waals surface area (Å²) in [6.45, 7) is 1.31. The summed E-state index contributed by atoms with van der Waals surface area (Å²) in [5, 5.41) is 14.6. The highest BCUT2D eigenvalue weighted by atomic mass is 19.1. The van der Waals surface area contributed by atoms with Gasteiger partial charge in [0.15, 0.2) is 5.88 Å². The molecule has 1 heterocycles. The van der Waals surface area contributed by atoms with Crippen LogP contribution in [0, 0.1) is 5.82 Å². The highest BCUT2D eigenvalue weighted by Gasteiger charge is 2.19. The molecule has 3 N–H and O–H groups in total. The number of H-pyrrole nitrogens is 1. The van der Waals surface area contributed by atoms with Crippen molar-refractivity contribution >= 4 is 28.2 Å². The molecule has 0 saturated carbocycles. The molecule has 208 valence electrons. The van der Waals surface area contributed by atoms with E-state index < -0.39 is 5.82 Å². The van der Waals surface area contributed by atoms with E-state index in [1.54, 1.807) is 6.07 Å². The first-order valence-electron chi connectivity index (χ1n) is 13.6. The fourth-order valence-electron chi connectivity index (χ4n) is 4.89. The van der Waals surface area contributed by atoms with E-state index in [1.807, 2.05) is 93.0 Å². The SMILES string of the molecule is CN(C)Cc1ccc(N=C(c2cccc(CCNC(=O)Cc3ccccc3)c2)c2c(O)[nH]c3cc(F)ccc23)cc1. The van der Waals surface area contributed by atoms with Gasteiger partial charge in [0, 0.05) is 24.0 Å². The van der Waals surface area contributed by atoms with Gasteiger partial charge in [-0.1, -0.05) is 60.7 Å². The lowest BCUT2D eigenvalue weighted by Crippen LogP contribution is -2.27. The van der Waals surface area contributed by atoms with Crippen molar-refractivity contribution in [1.82, 2.24) is 15.2 Å². The second-order valence-corrected chi connectivity index (χ2v) is 10.4. The number of carbonyl (C=O) groups is 1. The van der Waals surface area contributed by atoms with E-state index >= 15 is 0 Å². The van der Waals surface area contributed by atoms with Gasteiger partial charge in [-0.25, -0.2) is 9.38 Å². The van der Waals surface area contributed by atoms with Crippen molar-refractivity contribution in [3.63, 3.8) is 0 Å². The number of hydrogen-bond acceptors (Lipinski definition) is 4. The van der Waals surface area contributed by atoms with Crippen LogP contribution in [0.1, 0.15) is 27.8 Å². The minimum atomic E-state index is -0.392. The minimum Gasteiger partial charge on any atom is -0.494 e. The number of hydrogen-bond donors (Lipinski definition) is 3. The predicted octanol–water partition coefficient (Wildman–Crippen LogP) is 6.14. The molecule has 0 spiro atoms. The number of carbonyl (C=O) groups excluding carboxylic acids is 1. The summed E-state index contributed by atoms with van der Waals surface area (Å²) in [5.74, 6) is -0.494. The number of rotatable bonds is 10. The Kier molecular flexibility index (Phi) is 8.56. The highest BCUT2D eigenvalue weighted by molar-refractivity contribution is 6.21. The van der Waals surface area contributed by atoms with Gasteiger partial charge in [0.1, 0.15) is 5.82 Å². The summed E-state index contributed by atoms with van der Waals surface area (Å²) in [6.07, 6.45) is 0.970. The topological polar surface area (TPSA) is 80.7 Å². The van der Waals surface area contributed by atoms with E-state index in [1.165, 1.54) is 12.1 Å². The number of aromatic hydroxyl groups is 1. The molecule has 41 heavy (non-hydrogen) atoms. The van der Waals surface area contributed by atoms with Gasteiger partial charge in [0.2, 0.25) is 5.91 Å². The molecule has 5 rings (SSSR count). The van der Waals surface area contributed by atoms with Crippen LogP contribution < -0.4 is 5.32 Å². The molecule has 0 atom stereocenters. The maximum absolute atomic E-state index is 14.0. The highest BCUT2D eigenvalue weighted by Crippen LogP contribution is 2.32. The average Bonchev–Trinajstić information content (AvgIpc) is 3.27. The van der Waals surface area contributed by atoms with E-state index in [0.29, 0.717) is 41.6 Å². The summed E-state index contributed by atoms with van der Waals surface area (Å²) >= 11 is 0. The molecule has 0 aliphatic carbocycles. The number of aliphatic imine (C=N–C) groups is 1. The Morgan fingerprint density at radius 1 is 0.902 bits per heavy atom. The van der Waals surface area contributed by atoms with E-state index in [2.05, 4.69) is 15.2 Å². The third-order valence-corrected chi connectivity index (χ3v) is 6.80. The van der Waals surface area contributed by atoms with Gasteiger partial charge in [0.25, 0.3) is 0 Å². The molecule has 1 aromatic heterocycles. The van der Waals surface area contributed by atoms with E-state index in [-0.39, 0.29) is 11.8 Å². The number of amides is 1. The van der Waals surface area contributed by atoms with Crippen LogP contribution in [0.25, 0.3) is 10.9 Å². The molecule has 6 nitrogen and oxygen atoms in total. The van der Waals surface area contributed by atoms with Gasteiger partial charge in [-0.05, 0) is 73.6 Å². The zero-order valence-corrected chi connectivity index (χ0v) is 23.2. The van der Waals surface area contributed by atoms with Crippen LogP contribution in [-0.4, -0.2) is 47.2 Å². The monoisotopic (exact) mass is 548 g/mol. The van der Waals surface area contributed by atoms with Crippen LogP contribution >= 0.6 is 0 Å². The third-order valence-electron chi connectivity index (χ3n) is 6.80. The second kappa shape index (κ2) is 12.6. The Bertz CT molecular complexity index is 1670. The lowest BCUT2D eigenvalue weighted by Gasteiger charge is -2.12. The van der Waals surface area contributed by atoms with Crippen molar-refractivity contribution in [2.75, 3.05) is 20.6 Å². The quantitative estimate of drug-likeness (QED) is 0.183. The van der Waals surface area contributed by atoms with Crippen LogP contribution in [0.2, 0.25) is 0 Å². The molecular formula is C34H33FN4O2. The van der Waals surface area contributed by atoms with Crippen molar-refractivity contribution in [3.05, 3.63) is 131 Å². The van der Waals surface area contributed by atoms with Crippen LogP contribution in [0.4, 0.5) is 10.1 Å². The molecule has 0 bridgehead atoms. The molecule has 5 aromatic rings. The number of aromatic amines is 1. The summed E-state index contributed by atoms with van der Waals surface area (Å²) in [4.78, 5) is 22.4. The van der Waals surface area contributed by atoms with Gasteiger partial charge < -0.3 is 20.3 Å². The Morgan fingerprint density at radius 3 is 2.41 bits per heavy atom. The van der Waals surface area contributed by atoms with Crippen molar-refractivity contribution in [2.24, 2.45) is 4.99 Å². The third kappa shape index (κ3) is 7.07. The molecule has 0 fully saturated rings. The average molecular weight is 549 g/mol. The van der Waals surface area contributed by atoms with Gasteiger partial charge in [-0.2, -0.15) is 0 Å². The molecule has 0 saturated heterocycles. The number of halogens is 1. The summed E-state index contributed by atoms with van der Waals surface area (Å²) in [7, 11) is 4.04. The molecule has 0 aliphatic rings. The Balaban J connectivity index is 1.43. The Hall–Kier alpha value is -4.75. The molecule has 1 amide bonds. The molecule has 0 radical (unpaired) electrons. The van der Waals surface area contributed by atoms with Crippen molar-refractivity contribution in [3.8, 4) is 5.88 Å². The Labute approximate surface area is 239 Å². The van der Waals surface area contributed by atoms with Crippen molar-refractivity contribution in [2.45, 2.75) is 19.4 Å². The summed E-state index contributed by atoms with van der Waals surface area (Å²) < 4.78 is 14.0. The van der Waals surface area contributed by atoms with Gasteiger partial charge >= 0.3 is 0 Å². The van der Waals surface area contributed by atoms with Gasteiger partial charge in [-0.15, -0.1) is 0 Å². The normalized spacial score (nSPS) is 11.8. The number of aromatic nitrogens is 1. The van der Waals surface area contributed by atoms with E-state index in [4.69, 9.17) is 4.99 Å². The maximum Gasteiger partial charge on any atom is 0.224 e. The molecular weight excluding hydrogens is 515 g/mol. The summed E-state index contributed by atoms with van der Waals surface area (Å²) in [5.41, 5.74) is 6.25. The van der Waals surface area contributed by atoms with E-state index in [0.717, 1.165) is 34.5 Å². The molecule has 0 aliphatic heterocycles. The van der Waals surface area contributed by atoms with Crippen LogP contribution in [0.15, 0.2) is 102 Å². The van der Waals surface area contributed by atoms with Crippen LogP contribution in [0.5, 0.6) is 5.88 Å². The fraction of sp³-hybridized carbons (Fsp3) is 0.176. The first-order valence-corrected chi connectivity index (χ1v) is 13.6. The van der Waals surface area contributed by atoms with Gasteiger partial charge in [-0.3, -0.25) is 4.79 Å². The lowest BCUT2D eigenvalue weighted by molar-refractivity contribution is -0.120. The summed E-state index contributed by atoms with van der Waals surface area (Å²) in [6, 6.07) is 29.9. The fourth-order valence-corrected chi connectivity index (χ4v) is 4.89. The predicted molar refractivity (Wildman–Crippen MR) is 162 cm³/mol. The van der Waals surface area contributed by atoms with Gasteiger partial charge in [0.05, 0.1) is 28.9 Å². The number of benzene rings is 4.